The summed E-state index contributed by atoms with van der Waals surface area (Å²) in [6.45, 7) is 4.13. The number of carboxylic acid groups (broad SMARTS) is 1. The van der Waals surface area contributed by atoms with E-state index in [1.807, 2.05) is 11.0 Å². The van der Waals surface area contributed by atoms with E-state index in [2.05, 4.69) is 36.5 Å². The first-order valence-corrected chi connectivity index (χ1v) is 7.81. The van der Waals surface area contributed by atoms with Gasteiger partial charge in [-0.2, -0.15) is 0 Å². The summed E-state index contributed by atoms with van der Waals surface area (Å²) in [6, 6.07) is 10.4. The molecule has 0 radical (unpaired) electrons. The Balaban J connectivity index is 1.79. The second-order valence-electron chi connectivity index (χ2n) is 6.14. The highest BCUT2D eigenvalue weighted by Gasteiger charge is 2.33. The lowest BCUT2D eigenvalue weighted by atomic mass is 9.74. The van der Waals surface area contributed by atoms with Crippen LogP contribution < -0.4 is 5.32 Å². The maximum absolute atomic E-state index is 12.1. The van der Waals surface area contributed by atoms with E-state index in [1.165, 1.54) is 5.56 Å². The summed E-state index contributed by atoms with van der Waals surface area (Å²) in [5, 5.41) is 11.4. The minimum absolute atomic E-state index is 0.0829. The van der Waals surface area contributed by atoms with Gasteiger partial charge in [0.25, 0.3) is 0 Å². The molecule has 0 bridgehead atoms. The van der Waals surface area contributed by atoms with Gasteiger partial charge in [-0.15, -0.1) is 0 Å². The summed E-state index contributed by atoms with van der Waals surface area (Å²) in [7, 11) is 0. The van der Waals surface area contributed by atoms with Crippen LogP contribution in [0.25, 0.3) is 0 Å². The largest absolute Gasteiger partial charge is 0.481 e. The Bertz CT molecular complexity index is 508. The Labute approximate surface area is 131 Å². The van der Waals surface area contributed by atoms with Crippen molar-refractivity contribution < 1.29 is 14.7 Å². The van der Waals surface area contributed by atoms with Crippen molar-refractivity contribution in [1.82, 2.24) is 10.2 Å². The highest BCUT2D eigenvalue weighted by Crippen LogP contribution is 2.34. The van der Waals surface area contributed by atoms with Crippen LogP contribution in [0.15, 0.2) is 30.3 Å². The molecule has 1 aromatic carbocycles. The van der Waals surface area contributed by atoms with Crippen molar-refractivity contribution in [3.8, 4) is 0 Å². The molecule has 1 aromatic rings. The molecule has 5 heteroatoms. The summed E-state index contributed by atoms with van der Waals surface area (Å²) < 4.78 is 0. The van der Waals surface area contributed by atoms with E-state index >= 15 is 0 Å². The fourth-order valence-electron chi connectivity index (χ4n) is 2.88. The zero-order chi connectivity index (χ0) is 16.0. The van der Waals surface area contributed by atoms with Crippen LogP contribution in [0.4, 0.5) is 4.79 Å². The molecular formula is C17H24N2O3. The van der Waals surface area contributed by atoms with Gasteiger partial charge in [-0.3, -0.25) is 4.79 Å². The number of hydrogen-bond acceptors (Lipinski definition) is 2. The number of rotatable bonds is 5. The Hall–Kier alpha value is -2.04. The van der Waals surface area contributed by atoms with Crippen molar-refractivity contribution in [2.75, 3.05) is 19.6 Å². The lowest BCUT2D eigenvalue weighted by molar-refractivity contribution is -0.137. The van der Waals surface area contributed by atoms with E-state index < -0.39 is 5.97 Å². The zero-order valence-electron chi connectivity index (χ0n) is 13.0. The number of amides is 2. The minimum Gasteiger partial charge on any atom is -0.481 e. The van der Waals surface area contributed by atoms with Crippen molar-refractivity contribution in [2.45, 2.75) is 38.0 Å². The monoisotopic (exact) mass is 304 g/mol. The molecule has 0 unspecified atom stereocenters. The SMILES string of the molecule is CC1(c2ccccc2)CCN(C(=O)NCCCC(=O)O)CC1. The number of piperidine rings is 1. The van der Waals surface area contributed by atoms with Crippen LogP contribution in [0.2, 0.25) is 0 Å². The number of carbonyl (C=O) groups is 2. The molecule has 1 aliphatic heterocycles. The number of aliphatic carboxylic acids is 1. The van der Waals surface area contributed by atoms with Crippen molar-refractivity contribution >= 4 is 12.0 Å². The third-order valence-electron chi connectivity index (χ3n) is 4.47. The molecule has 5 nitrogen and oxygen atoms in total. The van der Waals surface area contributed by atoms with Crippen LogP contribution in [0.3, 0.4) is 0 Å². The van der Waals surface area contributed by atoms with Gasteiger partial charge in [0.2, 0.25) is 0 Å². The fourth-order valence-corrected chi connectivity index (χ4v) is 2.88. The Morgan fingerprint density at radius 1 is 1.23 bits per heavy atom. The number of nitrogens with zero attached hydrogens (tertiary/aromatic N) is 1. The van der Waals surface area contributed by atoms with Crippen molar-refractivity contribution in [3.05, 3.63) is 35.9 Å². The van der Waals surface area contributed by atoms with E-state index in [-0.39, 0.29) is 17.9 Å². The fraction of sp³-hybridized carbons (Fsp3) is 0.529. The molecule has 1 fully saturated rings. The highest BCUT2D eigenvalue weighted by atomic mass is 16.4. The normalized spacial score (nSPS) is 17.0. The number of benzene rings is 1. The molecule has 0 aromatic heterocycles. The zero-order valence-corrected chi connectivity index (χ0v) is 13.0. The van der Waals surface area contributed by atoms with Crippen LogP contribution in [-0.4, -0.2) is 41.6 Å². The van der Waals surface area contributed by atoms with E-state index in [0.717, 1.165) is 25.9 Å². The van der Waals surface area contributed by atoms with Gasteiger partial charge >= 0.3 is 12.0 Å². The van der Waals surface area contributed by atoms with E-state index in [4.69, 9.17) is 5.11 Å². The van der Waals surface area contributed by atoms with Crippen LogP contribution in [0.5, 0.6) is 0 Å². The minimum atomic E-state index is -0.828. The Kier molecular flexibility index (Phi) is 5.41. The van der Waals surface area contributed by atoms with Gasteiger partial charge in [0.15, 0.2) is 0 Å². The summed E-state index contributed by atoms with van der Waals surface area (Å²) in [5.74, 6) is -0.828. The summed E-state index contributed by atoms with van der Waals surface area (Å²) in [5.41, 5.74) is 1.46. The lowest BCUT2D eigenvalue weighted by Gasteiger charge is -2.39. The van der Waals surface area contributed by atoms with Crippen LogP contribution in [0, 0.1) is 0 Å². The second kappa shape index (κ2) is 7.29. The Morgan fingerprint density at radius 3 is 2.45 bits per heavy atom. The summed E-state index contributed by atoms with van der Waals surface area (Å²) in [4.78, 5) is 24.3. The second-order valence-corrected chi connectivity index (χ2v) is 6.14. The third kappa shape index (κ3) is 4.23. The maximum Gasteiger partial charge on any atom is 0.317 e. The van der Waals surface area contributed by atoms with E-state index in [9.17, 15) is 9.59 Å². The van der Waals surface area contributed by atoms with Crippen molar-refractivity contribution in [3.63, 3.8) is 0 Å². The van der Waals surface area contributed by atoms with Gasteiger partial charge in [-0.25, -0.2) is 4.79 Å². The standard InChI is InChI=1S/C17H24N2O3/c1-17(14-6-3-2-4-7-14)9-12-19(13-10-17)16(22)18-11-5-8-15(20)21/h2-4,6-7H,5,8-13H2,1H3,(H,18,22)(H,20,21). The average molecular weight is 304 g/mol. The predicted octanol–water partition coefficient (Wildman–Crippen LogP) is 2.61. The molecule has 120 valence electrons. The molecule has 0 saturated carbocycles. The molecule has 2 amide bonds. The molecule has 2 rings (SSSR count). The molecule has 0 atom stereocenters. The predicted molar refractivity (Wildman–Crippen MR) is 84.9 cm³/mol. The van der Waals surface area contributed by atoms with Crippen LogP contribution in [-0.2, 0) is 10.2 Å². The van der Waals surface area contributed by atoms with Crippen LogP contribution >= 0.6 is 0 Å². The molecule has 0 spiro atoms. The number of carboxylic acids is 1. The molecule has 1 saturated heterocycles. The van der Waals surface area contributed by atoms with Gasteiger partial charge < -0.3 is 15.3 Å². The van der Waals surface area contributed by atoms with E-state index in [1.54, 1.807) is 0 Å². The molecule has 1 aliphatic rings. The van der Waals surface area contributed by atoms with Gasteiger partial charge in [0, 0.05) is 26.1 Å². The highest BCUT2D eigenvalue weighted by molar-refractivity contribution is 5.74. The smallest absolute Gasteiger partial charge is 0.317 e. The quantitative estimate of drug-likeness (QED) is 0.822. The molecule has 2 N–H and O–H groups in total. The summed E-state index contributed by atoms with van der Waals surface area (Å²) >= 11 is 0. The van der Waals surface area contributed by atoms with Crippen molar-refractivity contribution in [1.29, 1.82) is 0 Å². The lowest BCUT2D eigenvalue weighted by Crippen LogP contribution is -2.48. The van der Waals surface area contributed by atoms with Gasteiger partial charge in [0.05, 0.1) is 0 Å². The first kappa shape index (κ1) is 16.3. The number of hydrogen-bond donors (Lipinski definition) is 2. The van der Waals surface area contributed by atoms with Crippen LogP contribution in [0.1, 0.15) is 38.2 Å². The van der Waals surface area contributed by atoms with Gasteiger partial charge in [-0.1, -0.05) is 37.3 Å². The number of urea groups is 1. The Morgan fingerprint density at radius 2 is 1.86 bits per heavy atom. The molecule has 22 heavy (non-hydrogen) atoms. The molecule has 1 heterocycles. The average Bonchev–Trinajstić information content (AvgIpc) is 2.53. The van der Waals surface area contributed by atoms with Gasteiger partial charge in [0.1, 0.15) is 0 Å². The maximum atomic E-state index is 12.1. The topological polar surface area (TPSA) is 69.6 Å². The van der Waals surface area contributed by atoms with Crippen molar-refractivity contribution in [2.24, 2.45) is 0 Å². The first-order chi connectivity index (χ1) is 10.5. The summed E-state index contributed by atoms with van der Waals surface area (Å²) in [6.07, 6.45) is 2.45. The number of likely N-dealkylation sites (tertiary alicyclic amines) is 1. The molecule has 0 aliphatic carbocycles. The molecular weight excluding hydrogens is 280 g/mol. The number of nitrogens with one attached hydrogen (secondary N) is 1. The first-order valence-electron chi connectivity index (χ1n) is 7.81. The van der Waals surface area contributed by atoms with E-state index in [0.29, 0.717) is 13.0 Å². The number of carbonyl (C=O) groups excluding carboxylic acids is 1. The third-order valence-corrected chi connectivity index (χ3v) is 4.47. The van der Waals surface area contributed by atoms with Gasteiger partial charge in [-0.05, 0) is 30.2 Å².